The smallest absolute Gasteiger partial charge is 0.142 e. The van der Waals surface area contributed by atoms with Crippen molar-refractivity contribution in [1.82, 2.24) is 0 Å². The number of anilines is 1. The number of rotatable bonds is 3. The van der Waals surface area contributed by atoms with E-state index in [2.05, 4.69) is 59.8 Å². The minimum atomic E-state index is -0.0527. The van der Waals surface area contributed by atoms with Crippen molar-refractivity contribution in [1.29, 1.82) is 0 Å². The Bertz CT molecular complexity index is 427. The Morgan fingerprint density at radius 3 is 2.11 bits per heavy atom. The van der Waals surface area contributed by atoms with Crippen LogP contribution in [0.5, 0.6) is 5.75 Å². The molecule has 18 heavy (non-hydrogen) atoms. The van der Waals surface area contributed by atoms with Crippen LogP contribution in [-0.4, -0.2) is 10.6 Å². The van der Waals surface area contributed by atoms with Gasteiger partial charge < -0.3 is 10.4 Å². The molecule has 0 amide bonds. The van der Waals surface area contributed by atoms with Crippen molar-refractivity contribution in [2.24, 2.45) is 0 Å². The molecule has 0 aliphatic carbocycles. The van der Waals surface area contributed by atoms with Crippen molar-refractivity contribution in [3.05, 3.63) is 23.3 Å². The van der Waals surface area contributed by atoms with Crippen LogP contribution in [0.4, 0.5) is 5.69 Å². The van der Waals surface area contributed by atoms with Crippen molar-refractivity contribution < 1.29 is 5.11 Å². The second-order valence-electron chi connectivity index (χ2n) is 6.82. The lowest BCUT2D eigenvalue weighted by molar-refractivity contribution is 0.444. The van der Waals surface area contributed by atoms with E-state index < -0.39 is 0 Å². The highest BCUT2D eigenvalue weighted by Crippen LogP contribution is 2.38. The maximum absolute atomic E-state index is 10.4. The van der Waals surface area contributed by atoms with Crippen molar-refractivity contribution >= 4 is 5.69 Å². The third-order valence-corrected chi connectivity index (χ3v) is 3.42. The molecule has 0 saturated carbocycles. The average molecular weight is 249 g/mol. The molecule has 2 nitrogen and oxygen atoms in total. The molecule has 0 aliphatic heterocycles. The summed E-state index contributed by atoms with van der Waals surface area (Å²) in [6.45, 7) is 14.9. The predicted molar refractivity (Wildman–Crippen MR) is 79.5 cm³/mol. The number of aromatic hydroxyl groups is 1. The van der Waals surface area contributed by atoms with Gasteiger partial charge in [0.05, 0.1) is 5.69 Å². The largest absolute Gasteiger partial charge is 0.505 e. The first-order valence-electron chi connectivity index (χ1n) is 6.69. The van der Waals surface area contributed by atoms with Crippen LogP contribution in [0.1, 0.15) is 59.1 Å². The molecule has 0 heterocycles. The van der Waals surface area contributed by atoms with Crippen molar-refractivity contribution in [2.45, 2.75) is 65.8 Å². The van der Waals surface area contributed by atoms with Crippen molar-refractivity contribution in [2.75, 3.05) is 5.32 Å². The topological polar surface area (TPSA) is 32.3 Å². The van der Waals surface area contributed by atoms with E-state index >= 15 is 0 Å². The van der Waals surface area contributed by atoms with E-state index in [-0.39, 0.29) is 11.0 Å². The molecule has 102 valence electrons. The van der Waals surface area contributed by atoms with Gasteiger partial charge in [-0.05, 0) is 44.2 Å². The van der Waals surface area contributed by atoms with Gasteiger partial charge in [0.25, 0.3) is 0 Å². The maximum atomic E-state index is 10.4. The summed E-state index contributed by atoms with van der Waals surface area (Å²) >= 11 is 0. The van der Waals surface area contributed by atoms with E-state index in [0.29, 0.717) is 5.75 Å². The molecule has 0 radical (unpaired) electrons. The van der Waals surface area contributed by atoms with E-state index in [1.807, 2.05) is 6.07 Å². The quantitative estimate of drug-likeness (QED) is 0.767. The van der Waals surface area contributed by atoms with E-state index in [9.17, 15) is 5.11 Å². The number of benzene rings is 1. The summed E-state index contributed by atoms with van der Waals surface area (Å²) < 4.78 is 0. The van der Waals surface area contributed by atoms with Gasteiger partial charge >= 0.3 is 0 Å². The van der Waals surface area contributed by atoms with Gasteiger partial charge in [0, 0.05) is 11.1 Å². The van der Waals surface area contributed by atoms with E-state index in [4.69, 9.17) is 0 Å². The van der Waals surface area contributed by atoms with Gasteiger partial charge in [-0.2, -0.15) is 0 Å². The summed E-state index contributed by atoms with van der Waals surface area (Å²) in [5.74, 6) is 0.384. The molecule has 1 aromatic carbocycles. The average Bonchev–Trinajstić information content (AvgIpc) is 2.21. The van der Waals surface area contributed by atoms with Gasteiger partial charge in [-0.1, -0.05) is 33.8 Å². The molecule has 0 fully saturated rings. The van der Waals surface area contributed by atoms with Crippen LogP contribution in [0.2, 0.25) is 0 Å². The Morgan fingerprint density at radius 1 is 1.11 bits per heavy atom. The summed E-state index contributed by atoms with van der Waals surface area (Å²) in [4.78, 5) is 0. The Morgan fingerprint density at radius 2 is 1.67 bits per heavy atom. The summed E-state index contributed by atoms with van der Waals surface area (Å²) in [6.07, 6.45) is 1.01. The highest BCUT2D eigenvalue weighted by atomic mass is 16.3. The molecular formula is C16H27NO. The fourth-order valence-corrected chi connectivity index (χ4v) is 1.90. The number of hydrogen-bond acceptors (Lipinski definition) is 2. The van der Waals surface area contributed by atoms with Crippen LogP contribution in [0, 0.1) is 6.92 Å². The number of phenols is 1. The number of phenolic OH excluding ortho intramolecular Hbond substituents is 1. The zero-order chi connectivity index (χ0) is 14.1. The lowest BCUT2D eigenvalue weighted by Crippen LogP contribution is -2.30. The summed E-state index contributed by atoms with van der Waals surface area (Å²) in [6, 6.07) is 4.08. The first-order chi connectivity index (χ1) is 8.07. The van der Waals surface area contributed by atoms with Crippen molar-refractivity contribution in [3.63, 3.8) is 0 Å². The highest BCUT2D eigenvalue weighted by Gasteiger charge is 2.23. The second kappa shape index (κ2) is 4.83. The highest BCUT2D eigenvalue weighted by molar-refractivity contribution is 5.63. The van der Waals surface area contributed by atoms with E-state index in [1.165, 1.54) is 5.56 Å². The minimum Gasteiger partial charge on any atom is -0.505 e. The van der Waals surface area contributed by atoms with Crippen LogP contribution in [0.15, 0.2) is 12.1 Å². The standard InChI is InChI=1S/C16H27NO/c1-8-16(6,7)17-13-10-11(2)9-12(14(13)18)15(3,4)5/h9-10,17-18H,8H2,1-7H3. The van der Waals surface area contributed by atoms with Crippen LogP contribution in [-0.2, 0) is 5.41 Å². The molecule has 0 aromatic heterocycles. The fraction of sp³-hybridized carbons (Fsp3) is 0.625. The minimum absolute atomic E-state index is 0.0135. The maximum Gasteiger partial charge on any atom is 0.142 e. The van der Waals surface area contributed by atoms with E-state index in [0.717, 1.165) is 17.7 Å². The molecule has 0 aliphatic rings. The van der Waals surface area contributed by atoms with Gasteiger partial charge in [-0.25, -0.2) is 0 Å². The van der Waals surface area contributed by atoms with Gasteiger partial charge in [-0.3, -0.25) is 0 Å². The molecule has 2 N–H and O–H groups in total. The third kappa shape index (κ3) is 3.41. The summed E-state index contributed by atoms with van der Waals surface area (Å²) in [7, 11) is 0. The number of hydrogen-bond donors (Lipinski definition) is 2. The molecule has 0 spiro atoms. The summed E-state index contributed by atoms with van der Waals surface area (Å²) in [5.41, 5.74) is 2.94. The summed E-state index contributed by atoms with van der Waals surface area (Å²) in [5, 5.41) is 13.9. The van der Waals surface area contributed by atoms with Crippen LogP contribution < -0.4 is 5.32 Å². The SMILES string of the molecule is CCC(C)(C)Nc1cc(C)cc(C(C)(C)C)c1O. The molecule has 2 heteroatoms. The van der Waals surface area contributed by atoms with Gasteiger partial charge in [0.15, 0.2) is 0 Å². The van der Waals surface area contributed by atoms with Gasteiger partial charge in [0.1, 0.15) is 5.75 Å². The Hall–Kier alpha value is -1.18. The first kappa shape index (κ1) is 14.9. The molecular weight excluding hydrogens is 222 g/mol. The second-order valence-corrected chi connectivity index (χ2v) is 6.82. The van der Waals surface area contributed by atoms with E-state index in [1.54, 1.807) is 0 Å². The van der Waals surface area contributed by atoms with Crippen LogP contribution in [0.25, 0.3) is 0 Å². The lowest BCUT2D eigenvalue weighted by Gasteiger charge is -2.29. The molecule has 0 bridgehead atoms. The molecule has 1 aromatic rings. The Labute approximate surface area is 111 Å². The molecule has 0 atom stereocenters. The fourth-order valence-electron chi connectivity index (χ4n) is 1.90. The number of nitrogens with one attached hydrogen (secondary N) is 1. The van der Waals surface area contributed by atoms with Crippen molar-refractivity contribution in [3.8, 4) is 5.75 Å². The zero-order valence-corrected chi connectivity index (χ0v) is 12.8. The zero-order valence-electron chi connectivity index (χ0n) is 12.8. The van der Waals surface area contributed by atoms with Gasteiger partial charge in [-0.15, -0.1) is 0 Å². The Kier molecular flexibility index (Phi) is 3.99. The van der Waals surface area contributed by atoms with Gasteiger partial charge in [0.2, 0.25) is 0 Å². The Balaban J connectivity index is 3.26. The predicted octanol–water partition coefficient (Wildman–Crippen LogP) is 4.60. The monoisotopic (exact) mass is 249 g/mol. The third-order valence-electron chi connectivity index (χ3n) is 3.42. The molecule has 1 rings (SSSR count). The van der Waals surface area contributed by atoms with Crippen LogP contribution in [0.3, 0.4) is 0 Å². The lowest BCUT2D eigenvalue weighted by atomic mass is 9.84. The first-order valence-corrected chi connectivity index (χ1v) is 6.69. The molecule has 0 unspecified atom stereocenters. The number of aryl methyl sites for hydroxylation is 1. The normalized spacial score (nSPS) is 12.6. The molecule has 0 saturated heterocycles. The van der Waals surface area contributed by atoms with Crippen LogP contribution >= 0.6 is 0 Å².